The van der Waals surface area contributed by atoms with Crippen LogP contribution >= 0.6 is 11.3 Å². The molecule has 1 heterocycles. The molecule has 1 amide bonds. The predicted molar refractivity (Wildman–Crippen MR) is 118 cm³/mol. The third-order valence-corrected chi connectivity index (χ3v) is 5.80. The molecule has 29 heavy (non-hydrogen) atoms. The standard InChI is InChI=1S/C22H29N3O3S/c1-5-28-22(27)20-18(16-8-9-16)14-29-21(20)23-19(26)13-25(4)12-15-6-10-17(11-7-15)24(2)3/h6-7,10-11,14,16H,5,8-9,12-13H2,1-4H3,(H,23,26). The van der Waals surface area contributed by atoms with Gasteiger partial charge in [-0.25, -0.2) is 4.79 Å². The summed E-state index contributed by atoms with van der Waals surface area (Å²) in [5.74, 6) is -0.0587. The van der Waals surface area contributed by atoms with Gasteiger partial charge in [-0.1, -0.05) is 12.1 Å². The lowest BCUT2D eigenvalue weighted by Crippen LogP contribution is -2.30. The number of nitrogens with one attached hydrogen (secondary N) is 1. The van der Waals surface area contributed by atoms with Crippen LogP contribution in [0.25, 0.3) is 0 Å². The third-order valence-electron chi connectivity index (χ3n) is 4.89. The molecule has 0 radical (unpaired) electrons. The fourth-order valence-corrected chi connectivity index (χ4v) is 4.30. The molecule has 0 atom stereocenters. The molecular formula is C22H29N3O3S. The Kier molecular flexibility index (Phi) is 6.92. The summed E-state index contributed by atoms with van der Waals surface area (Å²) in [6.45, 7) is 3.03. The summed E-state index contributed by atoms with van der Waals surface area (Å²) in [6.07, 6.45) is 2.18. The Morgan fingerprint density at radius 3 is 2.45 bits per heavy atom. The van der Waals surface area contributed by atoms with E-state index in [-0.39, 0.29) is 18.4 Å². The van der Waals surface area contributed by atoms with E-state index in [0.29, 0.717) is 29.6 Å². The predicted octanol–water partition coefficient (Wildman–Crippen LogP) is 3.94. The summed E-state index contributed by atoms with van der Waals surface area (Å²) in [7, 11) is 5.93. The minimum absolute atomic E-state index is 0.132. The average Bonchev–Trinajstić information content (AvgIpc) is 3.42. The van der Waals surface area contributed by atoms with Crippen LogP contribution < -0.4 is 10.2 Å². The van der Waals surface area contributed by atoms with Crippen molar-refractivity contribution in [3.63, 3.8) is 0 Å². The summed E-state index contributed by atoms with van der Waals surface area (Å²) >= 11 is 1.41. The first-order chi connectivity index (χ1) is 13.9. The first-order valence-electron chi connectivity index (χ1n) is 9.92. The quantitative estimate of drug-likeness (QED) is 0.629. The molecule has 1 aromatic heterocycles. The second-order valence-corrected chi connectivity index (χ2v) is 8.55. The molecule has 0 aliphatic heterocycles. The summed E-state index contributed by atoms with van der Waals surface area (Å²) in [5, 5.41) is 5.50. The van der Waals surface area contributed by atoms with Crippen molar-refractivity contribution in [2.45, 2.75) is 32.2 Å². The van der Waals surface area contributed by atoms with E-state index in [4.69, 9.17) is 4.74 Å². The van der Waals surface area contributed by atoms with Gasteiger partial charge in [-0.3, -0.25) is 9.69 Å². The third kappa shape index (κ3) is 5.58. The number of rotatable bonds is 9. The van der Waals surface area contributed by atoms with Crippen molar-refractivity contribution in [2.24, 2.45) is 0 Å². The molecular weight excluding hydrogens is 386 g/mol. The minimum Gasteiger partial charge on any atom is -0.462 e. The van der Waals surface area contributed by atoms with Crippen LogP contribution in [0.15, 0.2) is 29.6 Å². The maximum Gasteiger partial charge on any atom is 0.341 e. The maximum atomic E-state index is 12.6. The van der Waals surface area contributed by atoms with Crippen LogP contribution in [0.5, 0.6) is 0 Å². The fraction of sp³-hybridized carbons (Fsp3) is 0.455. The number of thiophene rings is 1. The van der Waals surface area contributed by atoms with Gasteiger partial charge in [0, 0.05) is 26.3 Å². The normalized spacial score (nSPS) is 13.4. The zero-order valence-electron chi connectivity index (χ0n) is 17.5. The van der Waals surface area contributed by atoms with Gasteiger partial charge in [-0.2, -0.15) is 0 Å². The highest BCUT2D eigenvalue weighted by Gasteiger charge is 2.32. The van der Waals surface area contributed by atoms with Crippen molar-refractivity contribution >= 4 is 33.9 Å². The Labute approximate surface area is 176 Å². The molecule has 7 heteroatoms. The van der Waals surface area contributed by atoms with Gasteiger partial charge in [0.05, 0.1) is 18.7 Å². The van der Waals surface area contributed by atoms with Gasteiger partial charge < -0.3 is 15.0 Å². The number of amides is 1. The smallest absolute Gasteiger partial charge is 0.341 e. The monoisotopic (exact) mass is 415 g/mol. The molecule has 1 fully saturated rings. The molecule has 0 spiro atoms. The van der Waals surface area contributed by atoms with E-state index in [1.54, 1.807) is 6.92 Å². The first kappa shape index (κ1) is 21.3. The van der Waals surface area contributed by atoms with Crippen LogP contribution in [0.4, 0.5) is 10.7 Å². The number of carbonyl (C=O) groups excluding carboxylic acids is 2. The molecule has 0 saturated heterocycles. The molecule has 0 bridgehead atoms. The van der Waals surface area contributed by atoms with E-state index in [1.165, 1.54) is 11.3 Å². The number of carbonyl (C=O) groups is 2. The summed E-state index contributed by atoms with van der Waals surface area (Å²) in [5.41, 5.74) is 3.84. The molecule has 2 aromatic rings. The van der Waals surface area contributed by atoms with Crippen LogP contribution in [-0.4, -0.2) is 51.1 Å². The number of hydrogen-bond donors (Lipinski definition) is 1. The van der Waals surface area contributed by atoms with Gasteiger partial charge in [-0.15, -0.1) is 11.3 Å². The lowest BCUT2D eigenvalue weighted by molar-refractivity contribution is -0.117. The van der Waals surface area contributed by atoms with Crippen LogP contribution in [0.2, 0.25) is 0 Å². The second kappa shape index (κ2) is 9.41. The number of likely N-dealkylation sites (N-methyl/N-ethyl adjacent to an activating group) is 1. The van der Waals surface area contributed by atoms with Crippen LogP contribution in [0.3, 0.4) is 0 Å². The molecule has 156 valence electrons. The number of hydrogen-bond acceptors (Lipinski definition) is 6. The molecule has 1 aliphatic carbocycles. The fourth-order valence-electron chi connectivity index (χ4n) is 3.25. The van der Waals surface area contributed by atoms with E-state index in [0.717, 1.165) is 29.7 Å². The topological polar surface area (TPSA) is 61.9 Å². The van der Waals surface area contributed by atoms with Crippen molar-refractivity contribution in [2.75, 3.05) is 44.5 Å². The largest absolute Gasteiger partial charge is 0.462 e. The number of nitrogens with zero attached hydrogens (tertiary/aromatic N) is 2. The van der Waals surface area contributed by atoms with Crippen LogP contribution in [0, 0.1) is 0 Å². The zero-order valence-corrected chi connectivity index (χ0v) is 18.3. The lowest BCUT2D eigenvalue weighted by Gasteiger charge is -2.18. The van der Waals surface area contributed by atoms with E-state index in [9.17, 15) is 9.59 Å². The van der Waals surface area contributed by atoms with Crippen LogP contribution in [-0.2, 0) is 16.1 Å². The Bertz CT molecular complexity index is 857. The minimum atomic E-state index is -0.347. The molecule has 1 saturated carbocycles. The summed E-state index contributed by atoms with van der Waals surface area (Å²) < 4.78 is 5.22. The van der Waals surface area contributed by atoms with Gasteiger partial charge in [0.25, 0.3) is 0 Å². The summed E-state index contributed by atoms with van der Waals surface area (Å²) in [4.78, 5) is 29.0. The van der Waals surface area contributed by atoms with Crippen molar-refractivity contribution in [3.8, 4) is 0 Å². The number of ether oxygens (including phenoxy) is 1. The van der Waals surface area contributed by atoms with E-state index in [2.05, 4.69) is 34.5 Å². The molecule has 3 rings (SSSR count). The zero-order chi connectivity index (χ0) is 21.0. The Balaban J connectivity index is 1.60. The highest BCUT2D eigenvalue weighted by atomic mass is 32.1. The highest BCUT2D eigenvalue weighted by molar-refractivity contribution is 7.15. The van der Waals surface area contributed by atoms with E-state index >= 15 is 0 Å². The Morgan fingerprint density at radius 2 is 1.86 bits per heavy atom. The van der Waals surface area contributed by atoms with Crippen molar-refractivity contribution in [1.29, 1.82) is 0 Å². The lowest BCUT2D eigenvalue weighted by atomic mass is 10.1. The highest BCUT2D eigenvalue weighted by Crippen LogP contribution is 2.46. The molecule has 0 unspecified atom stereocenters. The molecule has 1 aliphatic rings. The van der Waals surface area contributed by atoms with Gasteiger partial charge in [0.1, 0.15) is 5.00 Å². The Morgan fingerprint density at radius 1 is 1.17 bits per heavy atom. The Hall–Kier alpha value is -2.38. The van der Waals surface area contributed by atoms with Crippen molar-refractivity contribution < 1.29 is 14.3 Å². The molecule has 6 nitrogen and oxygen atoms in total. The SMILES string of the molecule is CCOC(=O)c1c(C2CC2)csc1NC(=O)CN(C)Cc1ccc(N(C)C)cc1. The van der Waals surface area contributed by atoms with Crippen LogP contribution in [0.1, 0.15) is 47.2 Å². The number of anilines is 2. The first-order valence-corrected chi connectivity index (χ1v) is 10.8. The summed E-state index contributed by atoms with van der Waals surface area (Å²) in [6, 6.07) is 8.29. The second-order valence-electron chi connectivity index (χ2n) is 7.67. The van der Waals surface area contributed by atoms with E-state index in [1.807, 2.05) is 31.4 Å². The van der Waals surface area contributed by atoms with Crippen molar-refractivity contribution in [3.05, 3.63) is 46.3 Å². The molecule has 1 N–H and O–H groups in total. The maximum absolute atomic E-state index is 12.6. The molecule has 1 aromatic carbocycles. The van der Waals surface area contributed by atoms with Gasteiger partial charge >= 0.3 is 5.97 Å². The van der Waals surface area contributed by atoms with Gasteiger partial charge in [-0.05, 0) is 61.4 Å². The number of benzene rings is 1. The van der Waals surface area contributed by atoms with Crippen molar-refractivity contribution in [1.82, 2.24) is 4.90 Å². The average molecular weight is 416 g/mol. The van der Waals surface area contributed by atoms with Gasteiger partial charge in [0.15, 0.2) is 0 Å². The number of esters is 1. The van der Waals surface area contributed by atoms with E-state index < -0.39 is 0 Å². The van der Waals surface area contributed by atoms with Gasteiger partial charge in [0.2, 0.25) is 5.91 Å².